The maximum atomic E-state index is 12.7. The molecule has 1 rings (SSSR count). The van der Waals surface area contributed by atoms with E-state index in [-0.39, 0.29) is 70.2 Å². The molecule has 0 saturated heterocycles. The first-order valence-electron chi connectivity index (χ1n) is 12.1. The van der Waals surface area contributed by atoms with Gasteiger partial charge < -0.3 is 14.0 Å². The number of esters is 2. The third-order valence-corrected chi connectivity index (χ3v) is 5.88. The van der Waals surface area contributed by atoms with Gasteiger partial charge in [-0.3, -0.25) is 0 Å². The number of hydrogen-bond acceptors (Lipinski definition) is 7. The molecule has 0 unspecified atom stereocenters. The third-order valence-electron chi connectivity index (χ3n) is 5.00. The van der Waals surface area contributed by atoms with Crippen LogP contribution < -0.4 is 51.4 Å². The Kier molecular flexibility index (Phi) is 19.8. The van der Waals surface area contributed by atoms with E-state index in [1.165, 1.54) is 12.1 Å². The molecule has 0 aliphatic heterocycles. The summed E-state index contributed by atoms with van der Waals surface area (Å²) in [6, 6.07) is 3.48. The summed E-state index contributed by atoms with van der Waals surface area (Å²) < 4.78 is 45.5. The number of carbonyl (C=O) groups excluding carboxylic acids is 2. The average Bonchev–Trinajstić information content (AvgIpc) is 2.81. The van der Waals surface area contributed by atoms with Gasteiger partial charge in [0.15, 0.2) is 0 Å². The standard InChI is InChI=1S/C26H38O7S.K/c1-3-5-7-9-11-13-15-20-32-25(27)22-18-17-19-23(34(29,30)31)24(22)26(28)33-21-16-14-12-10-8-6-4-2;/h9-12,17-19H,3-8,13-16,20-21H2,1-2H3,(H,29,30,31);/q;+1/p-1/b11-9+,12-10+;. The Morgan fingerprint density at radius 3 is 1.71 bits per heavy atom. The van der Waals surface area contributed by atoms with E-state index in [0.29, 0.717) is 19.3 Å². The molecule has 35 heavy (non-hydrogen) atoms. The van der Waals surface area contributed by atoms with Crippen molar-refractivity contribution in [3.63, 3.8) is 0 Å². The zero-order chi connectivity index (χ0) is 25.2. The van der Waals surface area contributed by atoms with Crippen molar-refractivity contribution in [1.29, 1.82) is 0 Å². The molecule has 0 aliphatic rings. The second-order valence-electron chi connectivity index (χ2n) is 7.92. The molecule has 7 nitrogen and oxygen atoms in total. The molecule has 9 heteroatoms. The Morgan fingerprint density at radius 2 is 1.26 bits per heavy atom. The van der Waals surface area contributed by atoms with Crippen LogP contribution in [0.25, 0.3) is 0 Å². The van der Waals surface area contributed by atoms with Gasteiger partial charge in [-0.2, -0.15) is 0 Å². The van der Waals surface area contributed by atoms with Gasteiger partial charge in [-0.25, -0.2) is 18.0 Å². The first-order chi connectivity index (χ1) is 16.3. The summed E-state index contributed by atoms with van der Waals surface area (Å²) in [6.07, 6.45) is 17.2. The molecule has 0 bridgehead atoms. The van der Waals surface area contributed by atoms with Gasteiger partial charge in [0.1, 0.15) is 10.1 Å². The monoisotopic (exact) mass is 532 g/mol. The Balaban J connectivity index is 0.0000116. The molecule has 190 valence electrons. The Hall–Kier alpha value is -0.814. The van der Waals surface area contributed by atoms with Crippen LogP contribution in [0.2, 0.25) is 0 Å². The summed E-state index contributed by atoms with van der Waals surface area (Å²) in [5.74, 6) is -1.90. The van der Waals surface area contributed by atoms with Gasteiger partial charge in [0.05, 0.1) is 29.2 Å². The van der Waals surface area contributed by atoms with Crippen molar-refractivity contribution in [2.75, 3.05) is 13.2 Å². The number of benzene rings is 1. The number of carbonyl (C=O) groups is 2. The second kappa shape index (κ2) is 20.3. The van der Waals surface area contributed by atoms with Crippen molar-refractivity contribution in [1.82, 2.24) is 0 Å². The van der Waals surface area contributed by atoms with Crippen LogP contribution >= 0.6 is 0 Å². The van der Waals surface area contributed by atoms with Crippen molar-refractivity contribution in [3.8, 4) is 0 Å². The predicted molar refractivity (Wildman–Crippen MR) is 131 cm³/mol. The first-order valence-corrected chi connectivity index (χ1v) is 13.5. The molecule has 0 atom stereocenters. The molecular formula is C26H37KO7S. The molecule has 1 aromatic carbocycles. The van der Waals surface area contributed by atoms with E-state index in [1.807, 2.05) is 12.2 Å². The minimum Gasteiger partial charge on any atom is -0.744 e. The number of ether oxygens (including phenoxy) is 2. The predicted octanol–water partition coefficient (Wildman–Crippen LogP) is 2.96. The maximum absolute atomic E-state index is 12.7. The van der Waals surface area contributed by atoms with Crippen molar-refractivity contribution < 1.29 is 83.4 Å². The summed E-state index contributed by atoms with van der Waals surface area (Å²) in [7, 11) is -5.00. The van der Waals surface area contributed by atoms with Crippen molar-refractivity contribution >= 4 is 22.1 Å². The molecule has 0 aromatic heterocycles. The van der Waals surface area contributed by atoms with Crippen LogP contribution in [0, 0.1) is 0 Å². The average molecular weight is 533 g/mol. The van der Waals surface area contributed by atoms with E-state index >= 15 is 0 Å². The van der Waals surface area contributed by atoms with Crippen LogP contribution in [0.4, 0.5) is 0 Å². The SMILES string of the molecule is CCCC/C=C/CCCOC(=O)c1cccc(S(=O)(=O)[O-])c1C(=O)OCCC/C=C/CCCC.[K+]. The van der Waals surface area contributed by atoms with Crippen LogP contribution in [-0.2, 0) is 19.6 Å². The van der Waals surface area contributed by atoms with Gasteiger partial charge in [0.25, 0.3) is 0 Å². The summed E-state index contributed by atoms with van der Waals surface area (Å²) in [5, 5.41) is 0. The zero-order valence-electron chi connectivity index (χ0n) is 21.3. The summed E-state index contributed by atoms with van der Waals surface area (Å²) in [4.78, 5) is 24.4. The van der Waals surface area contributed by atoms with E-state index in [1.54, 1.807) is 0 Å². The molecule has 0 spiro atoms. The normalized spacial score (nSPS) is 11.5. The van der Waals surface area contributed by atoms with Crippen LogP contribution in [0.1, 0.15) is 98.8 Å². The maximum Gasteiger partial charge on any atom is 1.00 e. The van der Waals surface area contributed by atoms with Crippen LogP contribution in [0.3, 0.4) is 0 Å². The van der Waals surface area contributed by atoms with Gasteiger partial charge in [-0.15, -0.1) is 0 Å². The minimum absolute atomic E-state index is 0. The molecule has 0 saturated carbocycles. The molecule has 1 aromatic rings. The number of unbranched alkanes of at least 4 members (excludes halogenated alkanes) is 6. The van der Waals surface area contributed by atoms with Gasteiger partial charge in [-0.1, -0.05) is 69.9 Å². The minimum atomic E-state index is -5.00. The Bertz CT molecular complexity index is 924. The summed E-state index contributed by atoms with van der Waals surface area (Å²) in [6.45, 7) is 4.37. The second-order valence-corrected chi connectivity index (χ2v) is 9.26. The van der Waals surface area contributed by atoms with Gasteiger partial charge >= 0.3 is 63.3 Å². The van der Waals surface area contributed by atoms with Gasteiger partial charge in [0, 0.05) is 0 Å². The van der Waals surface area contributed by atoms with Gasteiger partial charge in [-0.05, 0) is 50.7 Å². The van der Waals surface area contributed by atoms with Crippen molar-refractivity contribution in [3.05, 3.63) is 53.6 Å². The third kappa shape index (κ3) is 14.5. The molecule has 0 N–H and O–H groups in total. The molecule has 0 amide bonds. The van der Waals surface area contributed by atoms with E-state index < -0.39 is 32.5 Å². The molecule has 0 radical (unpaired) electrons. The summed E-state index contributed by atoms with van der Waals surface area (Å²) >= 11 is 0. The molecule has 0 heterocycles. The smallest absolute Gasteiger partial charge is 0.744 e. The topological polar surface area (TPSA) is 110 Å². The van der Waals surface area contributed by atoms with Crippen molar-refractivity contribution in [2.24, 2.45) is 0 Å². The fourth-order valence-corrected chi connectivity index (χ4v) is 3.81. The molecule has 0 fully saturated rings. The Labute approximate surface area is 252 Å². The fraction of sp³-hybridized carbons (Fsp3) is 0.538. The Morgan fingerprint density at radius 1 is 0.800 bits per heavy atom. The van der Waals surface area contributed by atoms with Crippen LogP contribution in [0.5, 0.6) is 0 Å². The van der Waals surface area contributed by atoms with E-state index in [4.69, 9.17) is 9.47 Å². The van der Waals surface area contributed by atoms with Crippen LogP contribution in [0.15, 0.2) is 47.4 Å². The summed E-state index contributed by atoms with van der Waals surface area (Å²) in [5.41, 5.74) is -0.861. The van der Waals surface area contributed by atoms with E-state index in [9.17, 15) is 22.6 Å². The van der Waals surface area contributed by atoms with Crippen LogP contribution in [-0.4, -0.2) is 38.1 Å². The van der Waals surface area contributed by atoms with E-state index in [2.05, 4.69) is 26.0 Å². The van der Waals surface area contributed by atoms with Gasteiger partial charge in [0.2, 0.25) is 0 Å². The fourth-order valence-electron chi connectivity index (χ4n) is 3.12. The van der Waals surface area contributed by atoms with E-state index in [0.717, 1.165) is 51.0 Å². The van der Waals surface area contributed by atoms with Crippen molar-refractivity contribution in [2.45, 2.75) is 83.0 Å². The first kappa shape index (κ1) is 34.2. The zero-order valence-corrected chi connectivity index (χ0v) is 25.2. The quantitative estimate of drug-likeness (QED) is 0.0997. The molecule has 0 aliphatic carbocycles. The number of hydrogen-bond donors (Lipinski definition) is 0. The number of allylic oxidation sites excluding steroid dienone is 4. The largest absolute Gasteiger partial charge is 1.00 e. The molecular weight excluding hydrogens is 495 g/mol. The number of rotatable bonds is 17.